The first-order valence-electron chi connectivity index (χ1n) is 9.70. The van der Waals surface area contributed by atoms with E-state index < -0.39 is 9.84 Å². The molecule has 27 heavy (non-hydrogen) atoms. The van der Waals surface area contributed by atoms with E-state index in [1.807, 2.05) is 31.2 Å². The largest absolute Gasteiger partial charge is 0.344 e. The van der Waals surface area contributed by atoms with Crippen LogP contribution in [0, 0.1) is 6.92 Å². The van der Waals surface area contributed by atoms with Gasteiger partial charge in [-0.1, -0.05) is 18.2 Å². The molecule has 1 aliphatic heterocycles. The third-order valence-corrected chi connectivity index (χ3v) is 7.31. The molecule has 152 valence electrons. The van der Waals surface area contributed by atoms with Crippen molar-refractivity contribution in [3.63, 3.8) is 0 Å². The molecule has 0 aromatic heterocycles. The van der Waals surface area contributed by atoms with Crippen molar-refractivity contribution in [1.29, 1.82) is 0 Å². The Morgan fingerprint density at radius 2 is 1.81 bits per heavy atom. The molecule has 0 spiro atoms. The summed E-state index contributed by atoms with van der Waals surface area (Å²) >= 11 is 5.71. The molecule has 1 aliphatic rings. The molecule has 2 rings (SSSR count). The minimum absolute atomic E-state index is 0.0554. The van der Waals surface area contributed by atoms with E-state index in [1.165, 1.54) is 0 Å². The number of nitrogens with zero attached hydrogens (tertiary/aromatic N) is 2. The summed E-state index contributed by atoms with van der Waals surface area (Å²) in [5, 5.41) is 3.95. The van der Waals surface area contributed by atoms with Crippen LogP contribution in [0.4, 0.5) is 5.69 Å². The highest BCUT2D eigenvalue weighted by atomic mass is 32.2. The summed E-state index contributed by atoms with van der Waals surface area (Å²) in [6.07, 6.45) is 0.640. The Kier molecular flexibility index (Phi) is 7.65. The van der Waals surface area contributed by atoms with Gasteiger partial charge in [0, 0.05) is 36.9 Å². The maximum Gasteiger partial charge on any atom is 0.173 e. The molecule has 1 fully saturated rings. The Labute approximate surface area is 170 Å². The van der Waals surface area contributed by atoms with Gasteiger partial charge < -0.3 is 10.2 Å². The van der Waals surface area contributed by atoms with Gasteiger partial charge in [0.1, 0.15) is 0 Å². The fourth-order valence-electron chi connectivity index (χ4n) is 3.71. The summed E-state index contributed by atoms with van der Waals surface area (Å²) in [5.41, 5.74) is 2.09. The van der Waals surface area contributed by atoms with Crippen molar-refractivity contribution < 1.29 is 8.42 Å². The highest BCUT2D eigenvalue weighted by Crippen LogP contribution is 2.21. The van der Waals surface area contributed by atoms with E-state index in [4.69, 9.17) is 12.2 Å². The summed E-state index contributed by atoms with van der Waals surface area (Å²) in [6.45, 7) is 12.4. The zero-order valence-corrected chi connectivity index (χ0v) is 18.7. The van der Waals surface area contributed by atoms with Crippen molar-refractivity contribution in [1.82, 2.24) is 9.80 Å². The lowest BCUT2D eigenvalue weighted by molar-refractivity contribution is 0.155. The van der Waals surface area contributed by atoms with E-state index in [1.54, 1.807) is 0 Å². The number of rotatable bonds is 7. The van der Waals surface area contributed by atoms with Crippen LogP contribution in [0.2, 0.25) is 0 Å². The van der Waals surface area contributed by atoms with Crippen LogP contribution in [-0.4, -0.2) is 66.1 Å². The van der Waals surface area contributed by atoms with Crippen LogP contribution in [-0.2, 0) is 9.84 Å². The topological polar surface area (TPSA) is 52.6 Å². The molecule has 1 aromatic rings. The molecule has 0 amide bonds. The molecular weight excluding hydrogens is 378 g/mol. The minimum atomic E-state index is -2.97. The van der Waals surface area contributed by atoms with E-state index in [-0.39, 0.29) is 17.5 Å². The van der Waals surface area contributed by atoms with Crippen LogP contribution in [0.5, 0.6) is 0 Å². The number of benzene rings is 1. The number of nitrogens with one attached hydrogen (secondary N) is 1. The van der Waals surface area contributed by atoms with Crippen molar-refractivity contribution in [3.8, 4) is 0 Å². The van der Waals surface area contributed by atoms with Crippen LogP contribution < -0.4 is 5.32 Å². The van der Waals surface area contributed by atoms with Gasteiger partial charge in [0.15, 0.2) is 14.9 Å². The Morgan fingerprint density at radius 3 is 2.33 bits per heavy atom. The Bertz CT molecular complexity index is 739. The fraction of sp³-hybridized carbons (Fsp3) is 0.650. The first kappa shape index (κ1) is 22.1. The number of hydrogen-bond acceptors (Lipinski definition) is 4. The number of sulfone groups is 1. The Balaban J connectivity index is 2.16. The summed E-state index contributed by atoms with van der Waals surface area (Å²) in [7, 11) is -2.97. The van der Waals surface area contributed by atoms with E-state index in [0.717, 1.165) is 17.8 Å². The molecule has 0 unspecified atom stereocenters. The average Bonchev–Trinajstić information content (AvgIpc) is 2.92. The molecular formula is C20H33N3O2S2. The zero-order chi connectivity index (χ0) is 20.2. The average molecular weight is 412 g/mol. The van der Waals surface area contributed by atoms with Gasteiger partial charge >= 0.3 is 0 Å². The molecule has 0 radical (unpaired) electrons. The summed E-state index contributed by atoms with van der Waals surface area (Å²) < 4.78 is 24.1. The lowest BCUT2D eigenvalue weighted by atomic mass is 10.2. The summed E-state index contributed by atoms with van der Waals surface area (Å²) in [4.78, 5) is 4.50. The molecule has 0 bridgehead atoms. The van der Waals surface area contributed by atoms with Crippen LogP contribution in [0.15, 0.2) is 24.3 Å². The summed E-state index contributed by atoms with van der Waals surface area (Å²) in [6, 6.07) is 8.80. The predicted octanol–water partition coefficient (Wildman–Crippen LogP) is 3.30. The normalized spacial score (nSPS) is 19.0. The molecule has 0 saturated carbocycles. The fourth-order valence-corrected chi connectivity index (χ4v) is 5.79. The first-order valence-corrected chi connectivity index (χ1v) is 11.9. The number of thiocarbonyl (C=S) groups is 1. The standard InChI is InChI=1S/C20H33N3O2S2/c1-15(2)22(16(3)4)11-12-23(18-10-13-27(24,25)14-18)20(26)21-19-9-7-6-8-17(19)5/h6-9,15-16,18H,10-14H2,1-5H3,(H,21,26)/t18-/m0/s1. The van der Waals surface area contributed by atoms with Gasteiger partial charge in [-0.3, -0.25) is 4.90 Å². The van der Waals surface area contributed by atoms with Crippen molar-refractivity contribution in [2.75, 3.05) is 29.9 Å². The monoisotopic (exact) mass is 411 g/mol. The smallest absolute Gasteiger partial charge is 0.173 e. The minimum Gasteiger partial charge on any atom is -0.344 e. The van der Waals surface area contributed by atoms with Crippen molar-refractivity contribution in [2.24, 2.45) is 0 Å². The Morgan fingerprint density at radius 1 is 1.19 bits per heavy atom. The number of para-hydroxylation sites is 1. The second-order valence-electron chi connectivity index (χ2n) is 7.92. The second kappa shape index (κ2) is 9.34. The third kappa shape index (κ3) is 6.16. The van der Waals surface area contributed by atoms with Gasteiger partial charge in [-0.25, -0.2) is 8.42 Å². The second-order valence-corrected chi connectivity index (χ2v) is 10.5. The van der Waals surface area contributed by atoms with E-state index in [9.17, 15) is 8.42 Å². The van der Waals surface area contributed by atoms with E-state index in [2.05, 4.69) is 42.8 Å². The number of anilines is 1. The zero-order valence-electron chi connectivity index (χ0n) is 17.1. The Hall–Kier alpha value is -1.18. The van der Waals surface area contributed by atoms with Gasteiger partial charge in [0.2, 0.25) is 0 Å². The first-order chi connectivity index (χ1) is 12.6. The SMILES string of the molecule is Cc1ccccc1NC(=S)N(CCN(C(C)C)C(C)C)[C@H]1CCS(=O)(=O)C1. The molecule has 1 saturated heterocycles. The van der Waals surface area contributed by atoms with Crippen LogP contribution in [0.25, 0.3) is 0 Å². The quantitative estimate of drug-likeness (QED) is 0.695. The van der Waals surface area contributed by atoms with Crippen molar-refractivity contribution in [3.05, 3.63) is 29.8 Å². The molecule has 1 N–H and O–H groups in total. The molecule has 1 atom stereocenters. The molecule has 7 heteroatoms. The molecule has 5 nitrogen and oxygen atoms in total. The van der Waals surface area contributed by atoms with E-state index >= 15 is 0 Å². The van der Waals surface area contributed by atoms with Crippen LogP contribution >= 0.6 is 12.2 Å². The third-order valence-electron chi connectivity index (χ3n) is 5.22. The summed E-state index contributed by atoms with van der Waals surface area (Å²) in [5.74, 6) is 0.436. The highest BCUT2D eigenvalue weighted by molar-refractivity contribution is 7.91. The highest BCUT2D eigenvalue weighted by Gasteiger charge is 2.34. The van der Waals surface area contributed by atoms with Crippen LogP contribution in [0.1, 0.15) is 39.7 Å². The van der Waals surface area contributed by atoms with Crippen molar-refractivity contribution in [2.45, 2.75) is 59.2 Å². The predicted molar refractivity (Wildman–Crippen MR) is 118 cm³/mol. The van der Waals surface area contributed by atoms with E-state index in [0.29, 0.717) is 30.2 Å². The maximum atomic E-state index is 12.0. The molecule has 1 aromatic carbocycles. The van der Waals surface area contributed by atoms with Crippen molar-refractivity contribution >= 4 is 32.9 Å². The van der Waals surface area contributed by atoms with Crippen LogP contribution in [0.3, 0.4) is 0 Å². The van der Waals surface area contributed by atoms with Gasteiger partial charge in [0.25, 0.3) is 0 Å². The van der Waals surface area contributed by atoms with Gasteiger partial charge in [0.05, 0.1) is 11.5 Å². The van der Waals surface area contributed by atoms with Gasteiger partial charge in [-0.15, -0.1) is 0 Å². The molecule has 1 heterocycles. The maximum absolute atomic E-state index is 12.0. The lowest BCUT2D eigenvalue weighted by Gasteiger charge is -2.36. The number of hydrogen-bond donors (Lipinski definition) is 1. The molecule has 0 aliphatic carbocycles. The van der Waals surface area contributed by atoms with Gasteiger partial charge in [-0.2, -0.15) is 0 Å². The lowest BCUT2D eigenvalue weighted by Crippen LogP contribution is -2.49. The number of aryl methyl sites for hydroxylation is 1. The van der Waals surface area contributed by atoms with Gasteiger partial charge in [-0.05, 0) is 64.9 Å².